The van der Waals surface area contributed by atoms with Crippen LogP contribution in [-0.2, 0) is 17.9 Å². The monoisotopic (exact) mass is 451 g/mol. The molecule has 1 aromatic carbocycles. The van der Waals surface area contributed by atoms with Gasteiger partial charge in [0.1, 0.15) is 11.7 Å². The van der Waals surface area contributed by atoms with Crippen molar-refractivity contribution in [1.82, 2.24) is 25.3 Å². The van der Waals surface area contributed by atoms with E-state index >= 15 is 0 Å². The van der Waals surface area contributed by atoms with Crippen LogP contribution in [0.15, 0.2) is 30.3 Å². The second-order valence-electron chi connectivity index (χ2n) is 9.25. The second-order valence-corrected chi connectivity index (χ2v) is 9.25. The van der Waals surface area contributed by atoms with Gasteiger partial charge in [0, 0.05) is 31.7 Å². The highest BCUT2D eigenvalue weighted by molar-refractivity contribution is 5.99. The first-order valence-electron chi connectivity index (χ1n) is 11.9. The van der Waals surface area contributed by atoms with E-state index in [1.165, 1.54) is 12.5 Å². The molecule has 1 unspecified atom stereocenters. The first-order valence-corrected chi connectivity index (χ1v) is 11.9. The summed E-state index contributed by atoms with van der Waals surface area (Å²) in [6.07, 6.45) is 6.20. The average molecular weight is 452 g/mol. The molecule has 176 valence electrons. The van der Waals surface area contributed by atoms with Gasteiger partial charge in [-0.15, -0.1) is 0 Å². The summed E-state index contributed by atoms with van der Waals surface area (Å²) < 4.78 is 1.61. The normalized spacial score (nSPS) is 17.8. The highest BCUT2D eigenvalue weighted by Gasteiger charge is 2.28. The summed E-state index contributed by atoms with van der Waals surface area (Å²) in [6, 6.07) is 9.17. The molecule has 1 fully saturated rings. The van der Waals surface area contributed by atoms with E-state index in [1.54, 1.807) is 16.5 Å². The number of carbonyl (C=O) groups excluding carboxylic acids is 3. The van der Waals surface area contributed by atoms with Crippen LogP contribution in [0.4, 0.5) is 0 Å². The molecule has 8 heteroatoms. The molecule has 8 nitrogen and oxygen atoms in total. The predicted octanol–water partition coefficient (Wildman–Crippen LogP) is 2.80. The topological polar surface area (TPSA) is 96.3 Å². The first-order chi connectivity index (χ1) is 15.9. The molecule has 3 amide bonds. The van der Waals surface area contributed by atoms with Crippen molar-refractivity contribution in [2.45, 2.75) is 77.5 Å². The number of hydrogen-bond donors (Lipinski definition) is 2. The van der Waals surface area contributed by atoms with Crippen molar-refractivity contribution in [3.63, 3.8) is 0 Å². The van der Waals surface area contributed by atoms with Crippen LogP contribution in [-0.4, -0.2) is 51.0 Å². The van der Waals surface area contributed by atoms with Crippen molar-refractivity contribution in [3.8, 4) is 0 Å². The number of benzene rings is 1. The lowest BCUT2D eigenvalue weighted by molar-refractivity contribution is -0.123. The van der Waals surface area contributed by atoms with Crippen molar-refractivity contribution in [2.24, 2.45) is 0 Å². The van der Waals surface area contributed by atoms with E-state index in [9.17, 15) is 14.4 Å². The van der Waals surface area contributed by atoms with Gasteiger partial charge in [-0.2, -0.15) is 5.10 Å². The average Bonchev–Trinajstić information content (AvgIpc) is 3.17. The fourth-order valence-corrected chi connectivity index (χ4v) is 4.64. The highest BCUT2D eigenvalue weighted by Crippen LogP contribution is 2.18. The quantitative estimate of drug-likeness (QED) is 0.706. The lowest BCUT2D eigenvalue weighted by atomic mass is 9.95. The lowest BCUT2D eigenvalue weighted by Crippen LogP contribution is -2.48. The fourth-order valence-electron chi connectivity index (χ4n) is 4.64. The molecule has 0 radical (unpaired) electrons. The van der Waals surface area contributed by atoms with E-state index in [2.05, 4.69) is 21.8 Å². The van der Waals surface area contributed by atoms with Gasteiger partial charge in [0.05, 0.1) is 0 Å². The Morgan fingerprint density at radius 1 is 1.12 bits per heavy atom. The number of amides is 3. The van der Waals surface area contributed by atoms with Crippen LogP contribution in [0.2, 0.25) is 0 Å². The first kappa shape index (κ1) is 23.0. The SMILES string of the molecule is Cc1cccc(CN2CCCn3nc(C(=O)NC(C)C(=O)NC4CCCCC4)cc3C2=O)c1. The molecule has 1 aliphatic carbocycles. The van der Waals surface area contributed by atoms with Crippen LogP contribution >= 0.6 is 0 Å². The predicted molar refractivity (Wildman–Crippen MR) is 125 cm³/mol. The van der Waals surface area contributed by atoms with Gasteiger partial charge in [-0.1, -0.05) is 49.1 Å². The Kier molecular flexibility index (Phi) is 7.11. The van der Waals surface area contributed by atoms with Gasteiger partial charge < -0.3 is 15.5 Å². The maximum absolute atomic E-state index is 13.2. The molecule has 33 heavy (non-hydrogen) atoms. The standard InChI is InChI=1S/C25H33N5O3/c1-17-8-6-9-19(14-17)16-29-12-7-13-30-22(25(29)33)15-21(28-30)24(32)26-18(2)23(31)27-20-10-4-3-5-11-20/h6,8-9,14-15,18,20H,3-5,7,10-13,16H2,1-2H3,(H,26,32)(H,27,31). The maximum atomic E-state index is 13.2. The summed E-state index contributed by atoms with van der Waals surface area (Å²) in [5.41, 5.74) is 2.80. The minimum atomic E-state index is -0.672. The van der Waals surface area contributed by atoms with Gasteiger partial charge in [-0.05, 0) is 38.7 Å². The van der Waals surface area contributed by atoms with Gasteiger partial charge in [0.15, 0.2) is 5.69 Å². The van der Waals surface area contributed by atoms with Crippen LogP contribution in [0, 0.1) is 6.92 Å². The summed E-state index contributed by atoms with van der Waals surface area (Å²) in [4.78, 5) is 40.3. The van der Waals surface area contributed by atoms with Crippen LogP contribution in [0.3, 0.4) is 0 Å². The smallest absolute Gasteiger partial charge is 0.272 e. The largest absolute Gasteiger partial charge is 0.352 e. The zero-order chi connectivity index (χ0) is 23.4. The molecule has 2 aliphatic rings. The zero-order valence-electron chi connectivity index (χ0n) is 19.5. The number of aromatic nitrogens is 2. The Labute approximate surface area is 194 Å². The molecular formula is C25H33N5O3. The van der Waals surface area contributed by atoms with Gasteiger partial charge in [0.2, 0.25) is 5.91 Å². The summed E-state index contributed by atoms with van der Waals surface area (Å²) in [7, 11) is 0. The Hall–Kier alpha value is -3.16. The summed E-state index contributed by atoms with van der Waals surface area (Å²) >= 11 is 0. The molecule has 4 rings (SSSR count). The number of rotatable bonds is 6. The molecule has 1 aromatic heterocycles. The third-order valence-corrected chi connectivity index (χ3v) is 6.47. The van der Waals surface area contributed by atoms with Gasteiger partial charge in [-0.3, -0.25) is 19.1 Å². The van der Waals surface area contributed by atoms with E-state index < -0.39 is 11.9 Å². The van der Waals surface area contributed by atoms with Gasteiger partial charge in [0.25, 0.3) is 11.8 Å². The van der Waals surface area contributed by atoms with Crippen molar-refractivity contribution < 1.29 is 14.4 Å². The molecule has 0 bridgehead atoms. The summed E-state index contributed by atoms with van der Waals surface area (Å²) in [5.74, 6) is -0.764. The van der Waals surface area contributed by atoms with Gasteiger partial charge >= 0.3 is 0 Å². The van der Waals surface area contributed by atoms with Crippen molar-refractivity contribution >= 4 is 17.7 Å². The Morgan fingerprint density at radius 3 is 2.67 bits per heavy atom. The number of fused-ring (bicyclic) bond motifs is 1. The van der Waals surface area contributed by atoms with Crippen LogP contribution in [0.5, 0.6) is 0 Å². The summed E-state index contributed by atoms with van der Waals surface area (Å²) in [5, 5.41) is 10.1. The zero-order valence-corrected chi connectivity index (χ0v) is 19.5. The highest BCUT2D eigenvalue weighted by atomic mass is 16.2. The molecular weight excluding hydrogens is 418 g/mol. The fraction of sp³-hybridized carbons (Fsp3) is 0.520. The lowest BCUT2D eigenvalue weighted by Gasteiger charge is -2.24. The minimum Gasteiger partial charge on any atom is -0.352 e. The molecule has 0 saturated heterocycles. The van der Waals surface area contributed by atoms with E-state index in [1.807, 2.05) is 25.1 Å². The van der Waals surface area contributed by atoms with Crippen LogP contribution in [0.1, 0.15) is 77.6 Å². The maximum Gasteiger partial charge on any atom is 0.272 e. The van der Waals surface area contributed by atoms with E-state index in [4.69, 9.17) is 0 Å². The van der Waals surface area contributed by atoms with Crippen molar-refractivity contribution in [3.05, 3.63) is 52.8 Å². The van der Waals surface area contributed by atoms with Crippen molar-refractivity contribution in [2.75, 3.05) is 6.54 Å². The number of nitrogens with one attached hydrogen (secondary N) is 2. The second kappa shape index (κ2) is 10.2. The Morgan fingerprint density at radius 2 is 1.91 bits per heavy atom. The van der Waals surface area contributed by atoms with E-state index in [0.29, 0.717) is 25.3 Å². The van der Waals surface area contributed by atoms with E-state index in [-0.39, 0.29) is 23.6 Å². The summed E-state index contributed by atoms with van der Waals surface area (Å²) in [6.45, 7) is 5.42. The van der Waals surface area contributed by atoms with Crippen LogP contribution < -0.4 is 10.6 Å². The molecule has 0 spiro atoms. The van der Waals surface area contributed by atoms with Gasteiger partial charge in [-0.25, -0.2) is 0 Å². The molecule has 2 aromatic rings. The minimum absolute atomic E-state index is 0.136. The van der Waals surface area contributed by atoms with Crippen LogP contribution in [0.25, 0.3) is 0 Å². The number of aryl methyl sites for hydroxylation is 2. The molecule has 2 N–H and O–H groups in total. The molecule has 2 heterocycles. The Bertz CT molecular complexity index is 1020. The molecule has 1 aliphatic heterocycles. The van der Waals surface area contributed by atoms with E-state index in [0.717, 1.165) is 43.2 Å². The molecule has 1 saturated carbocycles. The number of hydrogen-bond acceptors (Lipinski definition) is 4. The van der Waals surface area contributed by atoms with Crippen molar-refractivity contribution in [1.29, 1.82) is 0 Å². The molecule has 1 atom stereocenters. The third kappa shape index (κ3) is 5.61. The number of carbonyl (C=O) groups is 3. The number of nitrogens with zero attached hydrogens (tertiary/aromatic N) is 3. The third-order valence-electron chi connectivity index (χ3n) is 6.47. The Balaban J connectivity index is 1.40.